The molecule has 0 saturated carbocycles. The Morgan fingerprint density at radius 1 is 0.938 bits per heavy atom. The first-order valence-corrected chi connectivity index (χ1v) is 10.9. The molecule has 1 aliphatic rings. The monoisotopic (exact) mass is 445 g/mol. The fraction of sp³-hybridized carbons (Fsp3) is 0.167. The van der Waals surface area contributed by atoms with E-state index in [9.17, 15) is 4.79 Å². The second kappa shape index (κ2) is 8.63. The number of carbonyl (C=O) groups is 1. The molecule has 1 amide bonds. The number of hydrogen-bond acceptors (Lipinski definition) is 6. The Hall–Kier alpha value is -3.39. The number of nitrogens with zero attached hydrogens (tertiary/aromatic N) is 4. The van der Waals surface area contributed by atoms with Crippen molar-refractivity contribution in [2.75, 3.05) is 31.5 Å². The van der Waals surface area contributed by atoms with E-state index in [0.29, 0.717) is 29.6 Å². The van der Waals surface area contributed by atoms with E-state index < -0.39 is 0 Å². The van der Waals surface area contributed by atoms with Crippen LogP contribution in [0, 0.1) is 0 Å². The van der Waals surface area contributed by atoms with Gasteiger partial charge in [0.25, 0.3) is 0 Å². The lowest BCUT2D eigenvalue weighted by Crippen LogP contribution is -2.63. The van der Waals surface area contributed by atoms with Crippen LogP contribution in [0.1, 0.15) is 10.4 Å². The lowest BCUT2D eigenvalue weighted by Gasteiger charge is -2.36. The van der Waals surface area contributed by atoms with E-state index in [2.05, 4.69) is 25.6 Å². The molecule has 1 fully saturated rings. The largest absolute Gasteiger partial charge is 0.355 e. The number of rotatable bonds is 4. The summed E-state index contributed by atoms with van der Waals surface area (Å²) in [5.41, 5.74) is 3.26. The molecule has 2 aromatic carbocycles. The van der Waals surface area contributed by atoms with Crippen LogP contribution in [0.5, 0.6) is 0 Å². The van der Waals surface area contributed by atoms with E-state index >= 15 is 0 Å². The molecule has 0 spiro atoms. The van der Waals surface area contributed by atoms with E-state index in [0.717, 1.165) is 35.4 Å². The van der Waals surface area contributed by atoms with Crippen LogP contribution < -0.4 is 15.1 Å². The van der Waals surface area contributed by atoms with Gasteiger partial charge in [-0.15, -0.1) is 0 Å². The van der Waals surface area contributed by atoms with Gasteiger partial charge in [0.15, 0.2) is 0 Å². The van der Waals surface area contributed by atoms with Gasteiger partial charge in [0.1, 0.15) is 13.1 Å². The SMILES string of the molecule is O=C(c1ccc(Nc2ccnc3cc(Cl)ccc23)cc1)[N+]1(c2ncccn2)CCNCC1. The summed E-state index contributed by atoms with van der Waals surface area (Å²) in [4.78, 5) is 26.8. The van der Waals surface area contributed by atoms with Gasteiger partial charge in [-0.3, -0.25) is 4.98 Å². The molecule has 160 valence electrons. The van der Waals surface area contributed by atoms with Gasteiger partial charge in [-0.2, -0.15) is 14.5 Å². The minimum Gasteiger partial charge on any atom is -0.355 e. The zero-order valence-electron chi connectivity index (χ0n) is 17.3. The van der Waals surface area contributed by atoms with Crippen molar-refractivity contribution in [3.05, 3.63) is 83.8 Å². The van der Waals surface area contributed by atoms with Gasteiger partial charge in [-0.25, -0.2) is 4.79 Å². The van der Waals surface area contributed by atoms with Crippen molar-refractivity contribution in [2.24, 2.45) is 0 Å². The number of benzene rings is 2. The number of halogens is 1. The van der Waals surface area contributed by atoms with Crippen LogP contribution in [0.25, 0.3) is 10.9 Å². The highest BCUT2D eigenvalue weighted by molar-refractivity contribution is 6.31. The summed E-state index contributed by atoms with van der Waals surface area (Å²) in [5, 5.41) is 8.37. The molecule has 0 atom stereocenters. The highest BCUT2D eigenvalue weighted by Gasteiger charge is 2.43. The van der Waals surface area contributed by atoms with Crippen LogP contribution in [-0.2, 0) is 0 Å². The zero-order valence-corrected chi connectivity index (χ0v) is 18.1. The summed E-state index contributed by atoms with van der Waals surface area (Å²) >= 11 is 6.09. The lowest BCUT2D eigenvalue weighted by atomic mass is 10.1. The Balaban J connectivity index is 1.43. The molecule has 3 heterocycles. The summed E-state index contributed by atoms with van der Waals surface area (Å²) in [6, 6.07) is 16.9. The molecule has 5 rings (SSSR count). The summed E-state index contributed by atoms with van der Waals surface area (Å²) in [6.45, 7) is 2.72. The Morgan fingerprint density at radius 2 is 1.69 bits per heavy atom. The minimum atomic E-state index is 0.00764. The quantitative estimate of drug-likeness (QED) is 0.459. The molecule has 0 aliphatic carbocycles. The summed E-state index contributed by atoms with van der Waals surface area (Å²) < 4.78 is 0.121. The number of aromatic nitrogens is 3. The van der Waals surface area contributed by atoms with Crippen LogP contribution in [0.15, 0.2) is 73.2 Å². The first-order chi connectivity index (χ1) is 15.7. The minimum absolute atomic E-state index is 0.00764. The Kier molecular flexibility index (Phi) is 5.53. The fourth-order valence-electron chi connectivity index (χ4n) is 4.11. The molecule has 4 aromatic rings. The second-order valence-electron chi connectivity index (χ2n) is 7.74. The third-order valence-electron chi connectivity index (χ3n) is 5.78. The van der Waals surface area contributed by atoms with Crippen molar-refractivity contribution in [2.45, 2.75) is 0 Å². The average Bonchev–Trinajstić information content (AvgIpc) is 2.85. The van der Waals surface area contributed by atoms with Gasteiger partial charge >= 0.3 is 11.9 Å². The van der Waals surface area contributed by atoms with Gasteiger partial charge < -0.3 is 10.6 Å². The van der Waals surface area contributed by atoms with Gasteiger partial charge in [-0.05, 0) is 54.6 Å². The number of fused-ring (bicyclic) bond motifs is 1. The molecule has 8 heteroatoms. The van der Waals surface area contributed by atoms with E-state index in [1.807, 2.05) is 48.5 Å². The first kappa shape index (κ1) is 20.5. The van der Waals surface area contributed by atoms with E-state index in [1.165, 1.54) is 0 Å². The van der Waals surface area contributed by atoms with Crippen molar-refractivity contribution in [3.63, 3.8) is 0 Å². The highest BCUT2D eigenvalue weighted by atomic mass is 35.5. The molecule has 2 aromatic heterocycles. The van der Waals surface area contributed by atoms with Crippen LogP contribution in [-0.4, -0.2) is 47.0 Å². The van der Waals surface area contributed by atoms with Crippen molar-refractivity contribution >= 4 is 45.7 Å². The summed E-state index contributed by atoms with van der Waals surface area (Å²) in [6.07, 6.45) is 5.13. The number of quaternary nitrogens is 1. The molecular formula is C24H22ClN6O+. The molecule has 0 bridgehead atoms. The molecule has 0 unspecified atom stereocenters. The predicted molar refractivity (Wildman–Crippen MR) is 127 cm³/mol. The number of hydrogen-bond donors (Lipinski definition) is 2. The summed E-state index contributed by atoms with van der Waals surface area (Å²) in [5.74, 6) is 0.552. The number of anilines is 2. The van der Waals surface area contributed by atoms with E-state index in [-0.39, 0.29) is 10.4 Å². The topological polar surface area (TPSA) is 79.8 Å². The molecule has 7 nitrogen and oxygen atoms in total. The summed E-state index contributed by atoms with van der Waals surface area (Å²) in [7, 11) is 0. The zero-order chi connectivity index (χ0) is 22.0. The number of nitrogens with one attached hydrogen (secondary N) is 2. The Morgan fingerprint density at radius 3 is 2.44 bits per heavy atom. The van der Waals surface area contributed by atoms with Crippen molar-refractivity contribution < 1.29 is 4.79 Å². The van der Waals surface area contributed by atoms with Crippen LogP contribution in [0.4, 0.5) is 17.3 Å². The maximum atomic E-state index is 13.6. The average molecular weight is 446 g/mol. The maximum absolute atomic E-state index is 13.6. The number of carbonyl (C=O) groups excluding carboxylic acids is 1. The predicted octanol–water partition coefficient (Wildman–Crippen LogP) is 4.17. The van der Waals surface area contributed by atoms with Gasteiger partial charge in [0.2, 0.25) is 0 Å². The van der Waals surface area contributed by atoms with Crippen molar-refractivity contribution in [1.29, 1.82) is 0 Å². The molecular weight excluding hydrogens is 424 g/mol. The lowest BCUT2D eigenvalue weighted by molar-refractivity contribution is 0.0730. The standard InChI is InChI=1S/C24H21ClN6O/c25-18-4-7-20-21(8-11-27-22(20)16-18)30-19-5-2-17(3-6-19)23(32)31(14-12-26-13-15-31)24-28-9-1-10-29-24/h1-11,16,26H,12-15H2/p+1. The highest BCUT2D eigenvalue weighted by Crippen LogP contribution is 2.28. The van der Waals surface area contributed by atoms with E-state index in [4.69, 9.17) is 11.6 Å². The van der Waals surface area contributed by atoms with Crippen molar-refractivity contribution in [1.82, 2.24) is 24.8 Å². The fourth-order valence-corrected chi connectivity index (χ4v) is 4.28. The third kappa shape index (κ3) is 3.82. The molecule has 0 radical (unpaired) electrons. The van der Waals surface area contributed by atoms with Crippen LogP contribution in [0.3, 0.4) is 0 Å². The van der Waals surface area contributed by atoms with Crippen LogP contribution >= 0.6 is 11.6 Å². The third-order valence-corrected chi connectivity index (χ3v) is 6.02. The second-order valence-corrected chi connectivity index (χ2v) is 8.18. The van der Waals surface area contributed by atoms with Crippen LogP contribution in [0.2, 0.25) is 5.02 Å². The molecule has 1 aliphatic heterocycles. The Bertz CT molecular complexity index is 1260. The number of piperazine rings is 1. The van der Waals surface area contributed by atoms with Gasteiger partial charge in [0.05, 0.1) is 11.1 Å². The Labute approximate surface area is 190 Å². The van der Waals surface area contributed by atoms with Gasteiger partial charge in [-0.1, -0.05) is 11.6 Å². The smallest absolute Gasteiger partial charge is 0.353 e. The first-order valence-electron chi connectivity index (χ1n) is 10.5. The number of amides is 1. The van der Waals surface area contributed by atoms with Gasteiger partial charge in [0, 0.05) is 53.5 Å². The number of pyridine rings is 1. The maximum Gasteiger partial charge on any atom is 0.353 e. The van der Waals surface area contributed by atoms with E-state index in [1.54, 1.807) is 24.7 Å². The molecule has 1 saturated heterocycles. The van der Waals surface area contributed by atoms with Crippen molar-refractivity contribution in [3.8, 4) is 0 Å². The molecule has 2 N–H and O–H groups in total. The normalized spacial score (nSPS) is 15.4. The molecule has 32 heavy (non-hydrogen) atoms.